The third-order valence-electron chi connectivity index (χ3n) is 2.83. The highest BCUT2D eigenvalue weighted by atomic mass is 35.5. The van der Waals surface area contributed by atoms with E-state index in [0.29, 0.717) is 17.6 Å². The van der Waals surface area contributed by atoms with Crippen LogP contribution < -0.4 is 0 Å². The fourth-order valence-electron chi connectivity index (χ4n) is 1.69. The third-order valence-corrected chi connectivity index (χ3v) is 3.19. The molecular weight excluding hydrogens is 248 g/mol. The molecule has 0 aliphatic heterocycles. The van der Waals surface area contributed by atoms with E-state index in [1.165, 1.54) is 0 Å². The normalized spacial score (nSPS) is 10.7. The lowest BCUT2D eigenvalue weighted by atomic mass is 10.1. The Morgan fingerprint density at radius 1 is 1.22 bits per heavy atom. The van der Waals surface area contributed by atoms with Gasteiger partial charge in [-0.25, -0.2) is 9.97 Å². The lowest BCUT2D eigenvalue weighted by Gasteiger charge is -2.07. The van der Waals surface area contributed by atoms with Crippen LogP contribution in [0.3, 0.4) is 0 Å². The van der Waals surface area contributed by atoms with Crippen LogP contribution in [0, 0.1) is 13.8 Å². The molecule has 0 amide bonds. The molecule has 0 radical (unpaired) electrons. The lowest BCUT2D eigenvalue weighted by Crippen LogP contribution is -1.97. The first-order chi connectivity index (χ1) is 8.61. The van der Waals surface area contributed by atoms with Gasteiger partial charge in [-0.3, -0.25) is 0 Å². The van der Waals surface area contributed by atoms with Crippen LogP contribution in [-0.4, -0.2) is 17.1 Å². The summed E-state index contributed by atoms with van der Waals surface area (Å²) in [5.74, 6) is 0.654. The van der Waals surface area contributed by atoms with Crippen LogP contribution in [0.1, 0.15) is 16.8 Å². The van der Waals surface area contributed by atoms with Gasteiger partial charge >= 0.3 is 0 Å². The smallest absolute Gasteiger partial charge is 0.161 e. The molecule has 0 N–H and O–H groups in total. The number of hydrogen-bond acceptors (Lipinski definition) is 3. The van der Waals surface area contributed by atoms with Crippen molar-refractivity contribution >= 4 is 11.6 Å². The van der Waals surface area contributed by atoms with Crippen molar-refractivity contribution in [1.29, 1.82) is 0 Å². The SMILES string of the molecule is COCc1cccc(-c2nc(C)c(C)c(Cl)n2)c1. The van der Waals surface area contributed by atoms with Crippen molar-refractivity contribution < 1.29 is 4.74 Å². The van der Waals surface area contributed by atoms with Crippen molar-refractivity contribution in [3.8, 4) is 11.4 Å². The van der Waals surface area contributed by atoms with Crippen molar-refractivity contribution in [3.63, 3.8) is 0 Å². The van der Waals surface area contributed by atoms with Gasteiger partial charge in [0.05, 0.1) is 6.61 Å². The summed E-state index contributed by atoms with van der Waals surface area (Å²) in [4.78, 5) is 8.79. The Hall–Kier alpha value is -1.45. The number of halogens is 1. The van der Waals surface area contributed by atoms with Gasteiger partial charge in [-0.1, -0.05) is 29.8 Å². The van der Waals surface area contributed by atoms with Crippen molar-refractivity contribution in [2.24, 2.45) is 0 Å². The van der Waals surface area contributed by atoms with E-state index in [2.05, 4.69) is 9.97 Å². The number of ether oxygens (including phenoxy) is 1. The van der Waals surface area contributed by atoms with E-state index in [1.807, 2.05) is 38.1 Å². The first-order valence-corrected chi connectivity index (χ1v) is 6.08. The first kappa shape index (κ1) is 13.0. The molecule has 0 bridgehead atoms. The van der Waals surface area contributed by atoms with Crippen molar-refractivity contribution in [2.45, 2.75) is 20.5 Å². The molecule has 0 atom stereocenters. The van der Waals surface area contributed by atoms with E-state index in [0.717, 1.165) is 22.4 Å². The maximum absolute atomic E-state index is 6.09. The summed E-state index contributed by atoms with van der Waals surface area (Å²) in [7, 11) is 1.68. The van der Waals surface area contributed by atoms with Crippen molar-refractivity contribution in [3.05, 3.63) is 46.2 Å². The van der Waals surface area contributed by atoms with Crippen LogP contribution in [0.4, 0.5) is 0 Å². The first-order valence-electron chi connectivity index (χ1n) is 5.71. The van der Waals surface area contributed by atoms with Crippen LogP contribution in [-0.2, 0) is 11.3 Å². The van der Waals surface area contributed by atoms with Gasteiger partial charge in [0, 0.05) is 23.9 Å². The van der Waals surface area contributed by atoms with Crippen LogP contribution in [0.25, 0.3) is 11.4 Å². The second-order valence-electron chi connectivity index (χ2n) is 4.18. The summed E-state index contributed by atoms with van der Waals surface area (Å²) in [5, 5.41) is 0.509. The van der Waals surface area contributed by atoms with Gasteiger partial charge in [-0.15, -0.1) is 0 Å². The summed E-state index contributed by atoms with van der Waals surface area (Å²) >= 11 is 6.09. The molecule has 0 fully saturated rings. The minimum absolute atomic E-state index is 0.509. The molecule has 1 heterocycles. The molecule has 1 aromatic carbocycles. The van der Waals surface area contributed by atoms with Crippen LogP contribution >= 0.6 is 11.6 Å². The van der Waals surface area contributed by atoms with Crippen LogP contribution in [0.15, 0.2) is 24.3 Å². The topological polar surface area (TPSA) is 35.0 Å². The largest absolute Gasteiger partial charge is 0.380 e. The molecule has 2 aromatic rings. The molecule has 18 heavy (non-hydrogen) atoms. The number of hydrogen-bond donors (Lipinski definition) is 0. The maximum Gasteiger partial charge on any atom is 0.161 e. The summed E-state index contributed by atoms with van der Waals surface area (Å²) in [6.07, 6.45) is 0. The number of aromatic nitrogens is 2. The molecule has 3 nitrogen and oxygen atoms in total. The van der Waals surface area contributed by atoms with Crippen molar-refractivity contribution in [1.82, 2.24) is 9.97 Å². The highest BCUT2D eigenvalue weighted by molar-refractivity contribution is 6.30. The standard InChI is InChI=1S/C14H15ClN2O/c1-9-10(2)16-14(17-13(9)15)12-6-4-5-11(7-12)8-18-3/h4-7H,8H2,1-3H3. The van der Waals surface area contributed by atoms with E-state index in [1.54, 1.807) is 7.11 Å². The molecule has 0 unspecified atom stereocenters. The highest BCUT2D eigenvalue weighted by Gasteiger charge is 2.08. The average molecular weight is 263 g/mol. The Morgan fingerprint density at radius 2 is 2.00 bits per heavy atom. The van der Waals surface area contributed by atoms with E-state index in [9.17, 15) is 0 Å². The summed E-state index contributed by atoms with van der Waals surface area (Å²) in [5.41, 5.74) is 3.87. The van der Waals surface area contributed by atoms with E-state index in [-0.39, 0.29) is 0 Å². The number of nitrogens with zero attached hydrogens (tertiary/aromatic N) is 2. The zero-order chi connectivity index (χ0) is 13.1. The van der Waals surface area contributed by atoms with Crippen LogP contribution in [0.2, 0.25) is 5.15 Å². The highest BCUT2D eigenvalue weighted by Crippen LogP contribution is 2.22. The molecule has 0 saturated heterocycles. The fourth-order valence-corrected chi connectivity index (χ4v) is 1.91. The Labute approximate surface area is 112 Å². The van der Waals surface area contributed by atoms with Gasteiger partial charge in [0.15, 0.2) is 5.82 Å². The predicted octanol–water partition coefficient (Wildman–Crippen LogP) is 3.56. The van der Waals surface area contributed by atoms with Gasteiger partial charge in [-0.2, -0.15) is 0 Å². The number of aryl methyl sites for hydroxylation is 1. The Bertz CT molecular complexity index is 546. The van der Waals surface area contributed by atoms with Gasteiger partial charge in [0.2, 0.25) is 0 Å². The second kappa shape index (κ2) is 5.46. The minimum Gasteiger partial charge on any atom is -0.380 e. The van der Waals surface area contributed by atoms with Gasteiger partial charge < -0.3 is 4.74 Å². The quantitative estimate of drug-likeness (QED) is 0.794. The molecular formula is C14H15ClN2O. The maximum atomic E-state index is 6.09. The minimum atomic E-state index is 0.509. The Morgan fingerprint density at radius 3 is 2.67 bits per heavy atom. The number of benzene rings is 1. The van der Waals surface area contributed by atoms with E-state index >= 15 is 0 Å². The van der Waals surface area contributed by atoms with E-state index < -0.39 is 0 Å². The monoisotopic (exact) mass is 262 g/mol. The molecule has 1 aromatic heterocycles. The summed E-state index contributed by atoms with van der Waals surface area (Å²) in [6, 6.07) is 7.97. The zero-order valence-corrected chi connectivity index (χ0v) is 11.5. The molecule has 0 saturated carbocycles. The van der Waals surface area contributed by atoms with Crippen molar-refractivity contribution in [2.75, 3.05) is 7.11 Å². The fraction of sp³-hybridized carbons (Fsp3) is 0.286. The summed E-state index contributed by atoms with van der Waals surface area (Å²) in [6.45, 7) is 4.43. The molecule has 2 rings (SSSR count). The summed E-state index contributed by atoms with van der Waals surface area (Å²) < 4.78 is 5.12. The molecule has 4 heteroatoms. The lowest BCUT2D eigenvalue weighted by molar-refractivity contribution is 0.185. The van der Waals surface area contributed by atoms with Gasteiger partial charge in [0.1, 0.15) is 5.15 Å². The van der Waals surface area contributed by atoms with E-state index in [4.69, 9.17) is 16.3 Å². The van der Waals surface area contributed by atoms with Gasteiger partial charge in [-0.05, 0) is 25.5 Å². The molecule has 0 spiro atoms. The zero-order valence-electron chi connectivity index (χ0n) is 10.7. The second-order valence-corrected chi connectivity index (χ2v) is 4.54. The van der Waals surface area contributed by atoms with Crippen LogP contribution in [0.5, 0.6) is 0 Å². The molecule has 0 aliphatic rings. The Balaban J connectivity index is 2.45. The average Bonchev–Trinajstić information content (AvgIpc) is 2.36. The third kappa shape index (κ3) is 2.68. The molecule has 94 valence electrons. The van der Waals surface area contributed by atoms with Gasteiger partial charge in [0.25, 0.3) is 0 Å². The number of methoxy groups -OCH3 is 1. The Kier molecular flexibility index (Phi) is 3.94. The molecule has 0 aliphatic carbocycles. The number of rotatable bonds is 3. The predicted molar refractivity (Wildman–Crippen MR) is 72.7 cm³/mol.